The van der Waals surface area contributed by atoms with Crippen molar-refractivity contribution in [3.8, 4) is 0 Å². The summed E-state index contributed by atoms with van der Waals surface area (Å²) in [7, 11) is 0. The molecule has 1 atom stereocenters. The number of hydrogen-bond acceptors (Lipinski definition) is 2. The molecule has 0 aromatic carbocycles. The third-order valence-corrected chi connectivity index (χ3v) is 4.54. The fourth-order valence-corrected chi connectivity index (χ4v) is 3.32. The number of nitrogens with zero attached hydrogens (tertiary/aromatic N) is 3. The average Bonchev–Trinajstić information content (AvgIpc) is 2.38. The molecular formula is C15H27N3. The lowest BCUT2D eigenvalue weighted by atomic mass is 9.95. The summed E-state index contributed by atoms with van der Waals surface area (Å²) in [5, 5.41) is 0. The molecular weight excluding hydrogens is 222 g/mol. The second-order valence-corrected chi connectivity index (χ2v) is 6.81. The summed E-state index contributed by atoms with van der Waals surface area (Å²) >= 11 is 0. The number of rotatable bonds is 1. The van der Waals surface area contributed by atoms with E-state index < -0.39 is 0 Å². The molecule has 3 nitrogen and oxygen atoms in total. The molecule has 2 fully saturated rings. The zero-order valence-corrected chi connectivity index (χ0v) is 12.2. The van der Waals surface area contributed by atoms with Crippen molar-refractivity contribution in [1.29, 1.82) is 0 Å². The standard InChI is InChI=1S/C15H27N3/c1-15(2,3)18-10-7-14(8-11-18)17-9-5-6-13(12-17)16-4/h13-14H,5-12H2,1-3H3/t13-/m0/s1. The Hall–Kier alpha value is -0.590. The summed E-state index contributed by atoms with van der Waals surface area (Å²) < 4.78 is 0. The maximum atomic E-state index is 7.21. The van der Waals surface area contributed by atoms with Crippen molar-refractivity contribution in [2.24, 2.45) is 0 Å². The average molecular weight is 249 g/mol. The van der Waals surface area contributed by atoms with E-state index in [1.807, 2.05) is 0 Å². The minimum atomic E-state index is 0.263. The minimum absolute atomic E-state index is 0.263. The van der Waals surface area contributed by atoms with Crippen LogP contribution in [0.4, 0.5) is 0 Å². The Bertz CT molecular complexity index is 305. The normalized spacial score (nSPS) is 29.1. The predicted octanol–water partition coefficient (Wildman–Crippen LogP) is 2.63. The van der Waals surface area contributed by atoms with Crippen molar-refractivity contribution in [3.63, 3.8) is 0 Å². The first kappa shape index (κ1) is 13.8. The van der Waals surface area contributed by atoms with E-state index in [0.717, 1.165) is 19.0 Å². The van der Waals surface area contributed by atoms with Crippen LogP contribution in [-0.2, 0) is 0 Å². The van der Waals surface area contributed by atoms with E-state index >= 15 is 0 Å². The maximum absolute atomic E-state index is 7.21. The van der Waals surface area contributed by atoms with Crippen molar-refractivity contribution < 1.29 is 0 Å². The highest BCUT2D eigenvalue weighted by atomic mass is 15.2. The molecule has 0 unspecified atom stereocenters. The molecule has 0 spiro atoms. The van der Waals surface area contributed by atoms with Gasteiger partial charge in [0.1, 0.15) is 0 Å². The molecule has 2 aliphatic heterocycles. The van der Waals surface area contributed by atoms with E-state index in [9.17, 15) is 0 Å². The first-order valence-electron chi connectivity index (χ1n) is 7.36. The molecule has 2 rings (SSSR count). The summed E-state index contributed by atoms with van der Waals surface area (Å²) in [5.41, 5.74) is 0.311. The van der Waals surface area contributed by atoms with Gasteiger partial charge < -0.3 is 4.85 Å². The van der Waals surface area contributed by atoms with Crippen molar-refractivity contribution >= 4 is 0 Å². The van der Waals surface area contributed by atoms with Crippen LogP contribution in [-0.4, -0.2) is 53.6 Å². The molecule has 0 N–H and O–H groups in total. The van der Waals surface area contributed by atoms with Crippen LogP contribution in [0.15, 0.2) is 0 Å². The molecule has 0 bridgehead atoms. The molecule has 0 aromatic rings. The van der Waals surface area contributed by atoms with Gasteiger partial charge >= 0.3 is 0 Å². The molecule has 2 heterocycles. The van der Waals surface area contributed by atoms with Crippen LogP contribution in [0.25, 0.3) is 4.85 Å². The predicted molar refractivity (Wildman–Crippen MR) is 75.5 cm³/mol. The quantitative estimate of drug-likeness (QED) is 0.662. The monoisotopic (exact) mass is 249 g/mol. The lowest BCUT2D eigenvalue weighted by molar-refractivity contribution is 0.0479. The van der Waals surface area contributed by atoms with Crippen molar-refractivity contribution in [2.45, 2.75) is 64.1 Å². The van der Waals surface area contributed by atoms with Gasteiger partial charge in [0.15, 0.2) is 0 Å². The third-order valence-electron chi connectivity index (χ3n) is 4.54. The van der Waals surface area contributed by atoms with Gasteiger partial charge in [-0.3, -0.25) is 9.80 Å². The van der Waals surface area contributed by atoms with Gasteiger partial charge in [0.05, 0.1) is 6.54 Å². The van der Waals surface area contributed by atoms with Gasteiger partial charge in [0, 0.05) is 31.1 Å². The molecule has 2 aliphatic rings. The van der Waals surface area contributed by atoms with Crippen molar-refractivity contribution in [1.82, 2.24) is 9.80 Å². The molecule has 2 saturated heterocycles. The van der Waals surface area contributed by atoms with Gasteiger partial charge in [-0.1, -0.05) is 0 Å². The molecule has 0 amide bonds. The first-order chi connectivity index (χ1) is 8.50. The summed E-state index contributed by atoms with van der Waals surface area (Å²) in [6.07, 6.45) is 4.89. The lowest BCUT2D eigenvalue weighted by Gasteiger charge is -2.44. The maximum Gasteiger partial charge on any atom is 0.236 e. The SMILES string of the molecule is [C-]#[N+][C@H]1CCCN(C2CCN(C(C)(C)C)CC2)C1. The van der Waals surface area contributed by atoms with E-state index in [4.69, 9.17) is 6.57 Å². The Morgan fingerprint density at radius 1 is 1.06 bits per heavy atom. The zero-order valence-electron chi connectivity index (χ0n) is 12.2. The fourth-order valence-electron chi connectivity index (χ4n) is 3.32. The highest BCUT2D eigenvalue weighted by Crippen LogP contribution is 2.25. The van der Waals surface area contributed by atoms with E-state index in [2.05, 4.69) is 35.4 Å². The van der Waals surface area contributed by atoms with Crippen LogP contribution >= 0.6 is 0 Å². The lowest BCUT2D eigenvalue weighted by Crippen LogP contribution is -2.53. The van der Waals surface area contributed by atoms with Crippen LogP contribution in [0.1, 0.15) is 46.5 Å². The summed E-state index contributed by atoms with van der Waals surface area (Å²) in [4.78, 5) is 8.93. The van der Waals surface area contributed by atoms with Gasteiger partial charge in [-0.15, -0.1) is 0 Å². The van der Waals surface area contributed by atoms with Crippen molar-refractivity contribution in [3.05, 3.63) is 11.4 Å². The van der Waals surface area contributed by atoms with Gasteiger partial charge in [0.2, 0.25) is 6.04 Å². The Balaban J connectivity index is 1.84. The minimum Gasteiger partial charge on any atom is -0.312 e. The second kappa shape index (κ2) is 5.59. The van der Waals surface area contributed by atoms with E-state index in [1.165, 1.54) is 38.9 Å². The molecule has 0 radical (unpaired) electrons. The molecule has 102 valence electrons. The summed E-state index contributed by atoms with van der Waals surface area (Å²) in [5.74, 6) is 0. The van der Waals surface area contributed by atoms with Crippen molar-refractivity contribution in [2.75, 3.05) is 26.2 Å². The fraction of sp³-hybridized carbons (Fsp3) is 0.933. The Morgan fingerprint density at radius 2 is 1.72 bits per heavy atom. The first-order valence-corrected chi connectivity index (χ1v) is 7.36. The molecule has 18 heavy (non-hydrogen) atoms. The highest BCUT2D eigenvalue weighted by molar-refractivity contribution is 4.91. The van der Waals surface area contributed by atoms with Crippen LogP contribution in [0.2, 0.25) is 0 Å². The molecule has 0 aromatic heterocycles. The Morgan fingerprint density at radius 3 is 2.28 bits per heavy atom. The zero-order chi connectivity index (χ0) is 13.2. The number of likely N-dealkylation sites (tertiary alicyclic amines) is 2. The highest BCUT2D eigenvalue weighted by Gasteiger charge is 2.33. The van der Waals surface area contributed by atoms with E-state index in [-0.39, 0.29) is 6.04 Å². The largest absolute Gasteiger partial charge is 0.312 e. The van der Waals surface area contributed by atoms with Gasteiger partial charge in [0.25, 0.3) is 0 Å². The van der Waals surface area contributed by atoms with E-state index in [0.29, 0.717) is 5.54 Å². The molecule has 3 heteroatoms. The topological polar surface area (TPSA) is 10.8 Å². The van der Waals surface area contributed by atoms with Crippen LogP contribution in [0.3, 0.4) is 0 Å². The van der Waals surface area contributed by atoms with Gasteiger partial charge in [-0.25, -0.2) is 6.57 Å². The van der Waals surface area contributed by atoms with Gasteiger partial charge in [-0.05, 0) is 46.6 Å². The van der Waals surface area contributed by atoms with Crippen LogP contribution in [0, 0.1) is 6.57 Å². The summed E-state index contributed by atoms with van der Waals surface area (Å²) in [6.45, 7) is 18.8. The Kier molecular flexibility index (Phi) is 4.29. The van der Waals surface area contributed by atoms with Crippen LogP contribution < -0.4 is 0 Å². The summed E-state index contributed by atoms with van der Waals surface area (Å²) in [6, 6.07) is 0.993. The van der Waals surface area contributed by atoms with Gasteiger partial charge in [-0.2, -0.15) is 0 Å². The molecule has 0 saturated carbocycles. The second-order valence-electron chi connectivity index (χ2n) is 6.81. The number of piperidine rings is 2. The Labute approximate surface area is 112 Å². The third kappa shape index (κ3) is 3.24. The number of hydrogen-bond donors (Lipinski definition) is 0. The smallest absolute Gasteiger partial charge is 0.236 e. The molecule has 0 aliphatic carbocycles. The van der Waals surface area contributed by atoms with Crippen LogP contribution in [0.5, 0.6) is 0 Å². The van der Waals surface area contributed by atoms with E-state index in [1.54, 1.807) is 0 Å².